The Morgan fingerprint density at radius 1 is 1.20 bits per heavy atom. The van der Waals surface area contributed by atoms with Crippen molar-refractivity contribution in [1.29, 1.82) is 0 Å². The fourth-order valence-corrected chi connectivity index (χ4v) is 5.70. The highest BCUT2D eigenvalue weighted by Gasteiger charge is 2.48. The lowest BCUT2D eigenvalue weighted by Gasteiger charge is -2.24. The molecule has 1 fully saturated rings. The number of nitrogens with zero attached hydrogens (tertiary/aromatic N) is 1. The van der Waals surface area contributed by atoms with E-state index in [0.717, 1.165) is 22.0 Å². The Bertz CT molecular complexity index is 1170. The number of hydrogen-bond acceptors (Lipinski definition) is 4. The zero-order chi connectivity index (χ0) is 20.8. The van der Waals surface area contributed by atoms with Gasteiger partial charge in [-0.2, -0.15) is 0 Å². The van der Waals surface area contributed by atoms with Crippen molar-refractivity contribution in [1.82, 2.24) is 15.2 Å². The molecule has 0 spiro atoms. The maximum atomic E-state index is 13.0. The molecule has 30 heavy (non-hydrogen) atoms. The maximum Gasteiger partial charge on any atom is 0.326 e. The normalized spacial score (nSPS) is 20.8. The van der Waals surface area contributed by atoms with Crippen LogP contribution in [-0.2, 0) is 16.0 Å². The van der Waals surface area contributed by atoms with Gasteiger partial charge >= 0.3 is 5.97 Å². The monoisotopic (exact) mass is 421 g/mol. The smallest absolute Gasteiger partial charge is 0.326 e. The van der Waals surface area contributed by atoms with Crippen molar-refractivity contribution in [3.63, 3.8) is 0 Å². The van der Waals surface area contributed by atoms with Crippen molar-refractivity contribution >= 4 is 40.4 Å². The van der Waals surface area contributed by atoms with E-state index in [4.69, 9.17) is 0 Å². The van der Waals surface area contributed by atoms with Crippen LogP contribution in [0.4, 0.5) is 0 Å². The van der Waals surface area contributed by atoms with E-state index in [2.05, 4.69) is 10.3 Å². The number of aromatic nitrogens is 1. The van der Waals surface area contributed by atoms with Gasteiger partial charge in [0.15, 0.2) is 0 Å². The van der Waals surface area contributed by atoms with E-state index in [9.17, 15) is 19.5 Å². The fraction of sp³-hybridized carbons (Fsp3) is 0.227. The number of carbonyl (C=O) groups is 3. The van der Waals surface area contributed by atoms with Gasteiger partial charge in [0, 0.05) is 34.8 Å². The molecule has 1 unspecified atom stereocenters. The van der Waals surface area contributed by atoms with E-state index in [1.54, 1.807) is 23.2 Å². The van der Waals surface area contributed by atoms with E-state index in [1.807, 2.05) is 36.4 Å². The van der Waals surface area contributed by atoms with Crippen LogP contribution in [-0.4, -0.2) is 50.6 Å². The van der Waals surface area contributed by atoms with Crippen LogP contribution in [0.3, 0.4) is 0 Å². The Morgan fingerprint density at radius 2 is 1.97 bits per heavy atom. The molecule has 1 aromatic heterocycles. The van der Waals surface area contributed by atoms with Crippen LogP contribution >= 0.6 is 11.8 Å². The van der Waals surface area contributed by atoms with Crippen molar-refractivity contribution in [2.24, 2.45) is 0 Å². The zero-order valence-corrected chi connectivity index (χ0v) is 16.7. The average molecular weight is 421 g/mol. The number of thioether (sulfide) groups is 1. The zero-order valence-electron chi connectivity index (χ0n) is 15.9. The molecule has 0 aliphatic carbocycles. The standard InChI is InChI=1S/C22H19N3O4S/c26-19(18-11-30-21-15-7-2-1-6-14(15)20(27)25(18)21)24-17(22(28)29)9-12-10-23-16-8-4-3-5-13(12)16/h1-8,10,17-18,21,23H,9,11H2,(H,24,26)(H,28,29)/t17-,18-,21?/m0/s1. The van der Waals surface area contributed by atoms with E-state index in [0.29, 0.717) is 11.3 Å². The molecule has 0 radical (unpaired) electrons. The first-order valence-corrected chi connectivity index (χ1v) is 10.7. The van der Waals surface area contributed by atoms with Gasteiger partial charge in [-0.25, -0.2) is 4.79 Å². The topological polar surface area (TPSA) is 102 Å². The van der Waals surface area contributed by atoms with Crippen LogP contribution in [0.2, 0.25) is 0 Å². The third kappa shape index (κ3) is 2.95. The van der Waals surface area contributed by atoms with Gasteiger partial charge in [0.1, 0.15) is 17.5 Å². The van der Waals surface area contributed by atoms with Crippen molar-refractivity contribution in [3.8, 4) is 0 Å². The Labute approximate surface area is 176 Å². The first-order chi connectivity index (χ1) is 14.5. The van der Waals surface area contributed by atoms with Crippen LogP contribution < -0.4 is 5.32 Å². The molecule has 1 saturated heterocycles. The second-order valence-electron chi connectivity index (χ2n) is 7.46. The van der Waals surface area contributed by atoms with Crippen molar-refractivity contribution < 1.29 is 19.5 Å². The predicted octanol–water partition coefficient (Wildman–Crippen LogP) is 2.55. The second kappa shape index (κ2) is 7.21. The largest absolute Gasteiger partial charge is 0.480 e. The first-order valence-electron chi connectivity index (χ1n) is 9.66. The molecule has 0 bridgehead atoms. The van der Waals surface area contributed by atoms with Gasteiger partial charge in [0.05, 0.1) is 0 Å². The molecule has 2 aromatic carbocycles. The minimum absolute atomic E-state index is 0.155. The molecule has 3 heterocycles. The van der Waals surface area contributed by atoms with Gasteiger partial charge in [0.25, 0.3) is 5.91 Å². The van der Waals surface area contributed by atoms with Gasteiger partial charge in [-0.15, -0.1) is 11.8 Å². The average Bonchev–Trinajstić information content (AvgIpc) is 3.43. The summed E-state index contributed by atoms with van der Waals surface area (Å²) in [4.78, 5) is 42.4. The van der Waals surface area contributed by atoms with Crippen LogP contribution in [0.25, 0.3) is 10.9 Å². The van der Waals surface area contributed by atoms with E-state index < -0.39 is 24.0 Å². The van der Waals surface area contributed by atoms with Crippen molar-refractivity contribution in [3.05, 3.63) is 71.4 Å². The second-order valence-corrected chi connectivity index (χ2v) is 8.58. The Balaban J connectivity index is 1.35. The minimum atomic E-state index is -1.10. The number of carboxylic acids is 1. The molecule has 0 saturated carbocycles. The summed E-state index contributed by atoms with van der Waals surface area (Å²) >= 11 is 1.53. The van der Waals surface area contributed by atoms with Gasteiger partial charge in [0.2, 0.25) is 5.91 Å². The number of para-hydroxylation sites is 1. The van der Waals surface area contributed by atoms with Crippen LogP contribution in [0.15, 0.2) is 54.7 Å². The lowest BCUT2D eigenvalue weighted by atomic mass is 10.0. The van der Waals surface area contributed by atoms with Gasteiger partial charge in [-0.05, 0) is 23.3 Å². The highest BCUT2D eigenvalue weighted by atomic mass is 32.2. The van der Waals surface area contributed by atoms with Crippen LogP contribution in [0, 0.1) is 0 Å². The molecule has 152 valence electrons. The highest BCUT2D eigenvalue weighted by molar-refractivity contribution is 7.99. The molecule has 7 nitrogen and oxygen atoms in total. The summed E-state index contributed by atoms with van der Waals surface area (Å²) in [6.07, 6.45) is 1.93. The van der Waals surface area contributed by atoms with Gasteiger partial charge in [-0.1, -0.05) is 36.4 Å². The minimum Gasteiger partial charge on any atom is -0.480 e. The van der Waals surface area contributed by atoms with Gasteiger partial charge < -0.3 is 20.3 Å². The maximum absolute atomic E-state index is 13.0. The molecule has 8 heteroatoms. The number of fused-ring (bicyclic) bond motifs is 4. The third-order valence-corrected chi connectivity index (χ3v) is 7.01. The number of nitrogens with one attached hydrogen (secondary N) is 2. The Kier molecular flexibility index (Phi) is 4.51. The molecule has 3 atom stereocenters. The summed E-state index contributed by atoms with van der Waals surface area (Å²) in [5.41, 5.74) is 3.26. The first kappa shape index (κ1) is 18.7. The summed E-state index contributed by atoms with van der Waals surface area (Å²) in [5, 5.41) is 13.1. The van der Waals surface area contributed by atoms with Crippen LogP contribution in [0.5, 0.6) is 0 Å². The number of carbonyl (C=O) groups excluding carboxylic acids is 2. The van der Waals surface area contributed by atoms with E-state index in [-0.39, 0.29) is 17.7 Å². The lowest BCUT2D eigenvalue weighted by Crippen LogP contribution is -2.51. The SMILES string of the molecule is O=C(O)[C@H](Cc1c[nH]c2ccccc12)NC(=O)[C@@H]1CSC2c3ccccc3C(=O)N21. The number of aliphatic carboxylic acids is 1. The predicted molar refractivity (Wildman–Crippen MR) is 113 cm³/mol. The number of amides is 2. The number of hydrogen-bond donors (Lipinski definition) is 3. The van der Waals surface area contributed by atoms with Gasteiger partial charge in [-0.3, -0.25) is 9.59 Å². The molecule has 3 aromatic rings. The molecule has 5 rings (SSSR count). The summed E-state index contributed by atoms with van der Waals surface area (Å²) in [6, 6.07) is 13.2. The lowest BCUT2D eigenvalue weighted by molar-refractivity contribution is -0.142. The highest BCUT2D eigenvalue weighted by Crippen LogP contribution is 2.48. The molecule has 2 aliphatic heterocycles. The summed E-state index contributed by atoms with van der Waals surface area (Å²) in [7, 11) is 0. The third-order valence-electron chi connectivity index (χ3n) is 5.71. The summed E-state index contributed by atoms with van der Waals surface area (Å²) < 4.78 is 0. The number of rotatable bonds is 5. The molecule has 2 amide bonds. The number of benzene rings is 2. The van der Waals surface area contributed by atoms with Crippen molar-refractivity contribution in [2.45, 2.75) is 23.9 Å². The number of H-pyrrole nitrogens is 1. The molecule has 2 aliphatic rings. The van der Waals surface area contributed by atoms with E-state index >= 15 is 0 Å². The Morgan fingerprint density at radius 3 is 2.80 bits per heavy atom. The quantitative estimate of drug-likeness (QED) is 0.588. The molecule has 3 N–H and O–H groups in total. The summed E-state index contributed by atoms with van der Waals surface area (Å²) in [5.74, 6) is -1.27. The molecular formula is C22H19N3O4S. The van der Waals surface area contributed by atoms with Crippen molar-refractivity contribution in [2.75, 3.05) is 5.75 Å². The number of carboxylic acid groups (broad SMARTS) is 1. The Hall–Kier alpha value is -3.26. The van der Waals surface area contributed by atoms with E-state index in [1.165, 1.54) is 11.8 Å². The fourth-order valence-electron chi connectivity index (χ4n) is 4.23. The molecular weight excluding hydrogens is 402 g/mol. The summed E-state index contributed by atoms with van der Waals surface area (Å²) in [6.45, 7) is 0. The van der Waals surface area contributed by atoms with Crippen LogP contribution in [0.1, 0.15) is 26.9 Å². The number of aromatic amines is 1.